The Hall–Kier alpha value is -1.55. The summed E-state index contributed by atoms with van der Waals surface area (Å²) in [5, 5.41) is 0. The van der Waals surface area contributed by atoms with Crippen molar-refractivity contribution >= 4 is 5.91 Å². The highest BCUT2D eigenvalue weighted by Gasteiger charge is 2.33. The van der Waals surface area contributed by atoms with Crippen molar-refractivity contribution in [3.05, 3.63) is 29.8 Å². The molecular weight excluding hydrogens is 276 g/mol. The van der Waals surface area contributed by atoms with Crippen LogP contribution in [0.3, 0.4) is 0 Å². The third-order valence-electron chi connectivity index (χ3n) is 4.48. The molecule has 0 radical (unpaired) electrons. The summed E-state index contributed by atoms with van der Waals surface area (Å²) >= 11 is 0. The monoisotopic (exact) mass is 302 g/mol. The second kappa shape index (κ2) is 6.69. The quantitative estimate of drug-likeness (QED) is 0.857. The van der Waals surface area contributed by atoms with Gasteiger partial charge in [-0.3, -0.25) is 9.69 Å². The predicted octanol–water partition coefficient (Wildman–Crippen LogP) is 2.64. The van der Waals surface area contributed by atoms with Gasteiger partial charge < -0.3 is 9.64 Å². The van der Waals surface area contributed by atoms with Gasteiger partial charge in [0.1, 0.15) is 5.75 Å². The number of carbonyl (C=O) groups is 1. The molecule has 0 aromatic heterocycles. The molecule has 1 aliphatic heterocycles. The van der Waals surface area contributed by atoms with E-state index in [0.29, 0.717) is 12.5 Å². The van der Waals surface area contributed by atoms with Gasteiger partial charge in [0.2, 0.25) is 0 Å². The summed E-state index contributed by atoms with van der Waals surface area (Å²) in [6.07, 6.45) is 2.66. The molecule has 4 nitrogen and oxygen atoms in total. The van der Waals surface area contributed by atoms with Gasteiger partial charge in [0.25, 0.3) is 5.91 Å². The standard InChI is InChI=1S/C18H26N2O2/c1-3-22-17-6-4-5-15(11-17)18(21)20-10-9-19(16-7-8-16)12-14(2)13-20/h4-6,11,14,16H,3,7-10,12-13H2,1-2H3. The van der Waals surface area contributed by atoms with Gasteiger partial charge in [-0.25, -0.2) is 0 Å². The van der Waals surface area contributed by atoms with Crippen LogP contribution in [0.5, 0.6) is 5.75 Å². The fraction of sp³-hybridized carbons (Fsp3) is 0.611. The van der Waals surface area contributed by atoms with Crippen molar-refractivity contribution in [3.8, 4) is 5.75 Å². The Morgan fingerprint density at radius 2 is 2.09 bits per heavy atom. The summed E-state index contributed by atoms with van der Waals surface area (Å²) in [5.74, 6) is 1.43. The van der Waals surface area contributed by atoms with Crippen molar-refractivity contribution < 1.29 is 9.53 Å². The van der Waals surface area contributed by atoms with Gasteiger partial charge in [-0.05, 0) is 43.9 Å². The van der Waals surface area contributed by atoms with Crippen molar-refractivity contribution in [2.45, 2.75) is 32.7 Å². The summed E-state index contributed by atoms with van der Waals surface area (Å²) in [7, 11) is 0. The van der Waals surface area contributed by atoms with E-state index in [-0.39, 0.29) is 5.91 Å². The number of nitrogens with zero attached hydrogens (tertiary/aromatic N) is 2. The van der Waals surface area contributed by atoms with Crippen LogP contribution >= 0.6 is 0 Å². The summed E-state index contributed by atoms with van der Waals surface area (Å²) in [4.78, 5) is 17.4. The minimum absolute atomic E-state index is 0.131. The van der Waals surface area contributed by atoms with E-state index >= 15 is 0 Å². The number of amides is 1. The van der Waals surface area contributed by atoms with Crippen LogP contribution in [0.1, 0.15) is 37.0 Å². The molecular formula is C18H26N2O2. The molecule has 3 rings (SSSR count). The first-order chi connectivity index (χ1) is 10.7. The lowest BCUT2D eigenvalue weighted by Gasteiger charge is -2.22. The highest BCUT2D eigenvalue weighted by molar-refractivity contribution is 5.94. The first-order valence-corrected chi connectivity index (χ1v) is 8.43. The van der Waals surface area contributed by atoms with E-state index in [4.69, 9.17) is 4.74 Å². The molecule has 1 saturated heterocycles. The average Bonchev–Trinajstić information content (AvgIpc) is 3.34. The minimum Gasteiger partial charge on any atom is -0.494 e. The molecule has 0 bridgehead atoms. The molecule has 0 spiro atoms. The van der Waals surface area contributed by atoms with Crippen LogP contribution in [0.15, 0.2) is 24.3 Å². The average molecular weight is 302 g/mol. The van der Waals surface area contributed by atoms with Gasteiger partial charge in [-0.15, -0.1) is 0 Å². The highest BCUT2D eigenvalue weighted by Crippen LogP contribution is 2.28. The van der Waals surface area contributed by atoms with E-state index in [1.165, 1.54) is 12.8 Å². The molecule has 22 heavy (non-hydrogen) atoms. The first-order valence-electron chi connectivity index (χ1n) is 8.43. The van der Waals surface area contributed by atoms with Crippen LogP contribution in [-0.4, -0.2) is 54.5 Å². The smallest absolute Gasteiger partial charge is 0.254 e. The van der Waals surface area contributed by atoms with Gasteiger partial charge in [0.15, 0.2) is 0 Å². The van der Waals surface area contributed by atoms with Gasteiger partial charge in [-0.2, -0.15) is 0 Å². The Kier molecular flexibility index (Phi) is 4.67. The maximum atomic E-state index is 12.8. The number of ether oxygens (including phenoxy) is 1. The van der Waals surface area contributed by atoms with E-state index < -0.39 is 0 Å². The maximum Gasteiger partial charge on any atom is 0.254 e. The molecule has 1 aliphatic carbocycles. The Morgan fingerprint density at radius 1 is 1.27 bits per heavy atom. The zero-order valence-corrected chi connectivity index (χ0v) is 13.6. The lowest BCUT2D eigenvalue weighted by Crippen LogP contribution is -2.36. The summed E-state index contributed by atoms with van der Waals surface area (Å²) in [6, 6.07) is 8.33. The molecule has 1 aromatic carbocycles. The van der Waals surface area contributed by atoms with Gasteiger partial charge in [0, 0.05) is 37.8 Å². The SMILES string of the molecule is CCOc1cccc(C(=O)N2CCN(C3CC3)CC(C)C2)c1. The first kappa shape index (κ1) is 15.3. The summed E-state index contributed by atoms with van der Waals surface area (Å²) < 4.78 is 5.51. The Balaban J connectivity index is 1.69. The molecule has 0 N–H and O–H groups in total. The lowest BCUT2D eigenvalue weighted by atomic mass is 10.1. The topological polar surface area (TPSA) is 32.8 Å². The van der Waals surface area contributed by atoms with Crippen LogP contribution in [0.4, 0.5) is 0 Å². The highest BCUT2D eigenvalue weighted by atomic mass is 16.5. The van der Waals surface area contributed by atoms with Crippen LogP contribution in [0.2, 0.25) is 0 Å². The fourth-order valence-corrected chi connectivity index (χ4v) is 3.29. The molecule has 1 aromatic rings. The molecule has 1 unspecified atom stereocenters. The van der Waals surface area contributed by atoms with Crippen LogP contribution < -0.4 is 4.74 Å². The van der Waals surface area contributed by atoms with Gasteiger partial charge in [-0.1, -0.05) is 13.0 Å². The molecule has 4 heteroatoms. The van der Waals surface area contributed by atoms with Crippen molar-refractivity contribution in [2.24, 2.45) is 5.92 Å². The molecule has 2 aliphatic rings. The third-order valence-corrected chi connectivity index (χ3v) is 4.48. The van der Waals surface area contributed by atoms with Crippen molar-refractivity contribution in [1.82, 2.24) is 9.80 Å². The number of benzene rings is 1. The molecule has 1 atom stereocenters. The van der Waals surface area contributed by atoms with Gasteiger partial charge >= 0.3 is 0 Å². The Morgan fingerprint density at radius 3 is 2.82 bits per heavy atom. The number of hydrogen-bond acceptors (Lipinski definition) is 3. The van der Waals surface area contributed by atoms with Crippen LogP contribution in [0, 0.1) is 5.92 Å². The summed E-state index contributed by atoms with van der Waals surface area (Å²) in [6.45, 7) is 8.63. The Labute approximate surface area is 133 Å². The van der Waals surface area contributed by atoms with Gasteiger partial charge in [0.05, 0.1) is 6.61 Å². The van der Waals surface area contributed by atoms with E-state index in [9.17, 15) is 4.79 Å². The van der Waals surface area contributed by atoms with Crippen molar-refractivity contribution in [1.29, 1.82) is 0 Å². The second-order valence-corrected chi connectivity index (χ2v) is 6.54. The normalized spacial score (nSPS) is 23.2. The van der Waals surface area contributed by atoms with Crippen molar-refractivity contribution in [2.75, 3.05) is 32.8 Å². The number of hydrogen-bond donors (Lipinski definition) is 0. The summed E-state index contributed by atoms with van der Waals surface area (Å²) in [5.41, 5.74) is 0.734. The van der Waals surface area contributed by atoms with Crippen LogP contribution in [0.25, 0.3) is 0 Å². The second-order valence-electron chi connectivity index (χ2n) is 6.54. The van der Waals surface area contributed by atoms with E-state index in [0.717, 1.165) is 43.5 Å². The largest absolute Gasteiger partial charge is 0.494 e. The van der Waals surface area contributed by atoms with Crippen molar-refractivity contribution in [3.63, 3.8) is 0 Å². The number of carbonyl (C=O) groups excluding carboxylic acids is 1. The van der Waals surface area contributed by atoms with E-state index in [2.05, 4.69) is 11.8 Å². The molecule has 2 fully saturated rings. The lowest BCUT2D eigenvalue weighted by molar-refractivity contribution is 0.0748. The molecule has 1 saturated carbocycles. The minimum atomic E-state index is 0.131. The maximum absolute atomic E-state index is 12.8. The zero-order valence-electron chi connectivity index (χ0n) is 13.6. The van der Waals surface area contributed by atoms with E-state index in [1.54, 1.807) is 0 Å². The zero-order chi connectivity index (χ0) is 15.5. The molecule has 1 heterocycles. The molecule has 1 amide bonds. The fourth-order valence-electron chi connectivity index (χ4n) is 3.29. The molecule has 120 valence electrons. The van der Waals surface area contributed by atoms with Crippen LogP contribution in [-0.2, 0) is 0 Å². The Bertz CT molecular complexity index is 528. The third kappa shape index (κ3) is 3.61. The predicted molar refractivity (Wildman–Crippen MR) is 87.3 cm³/mol. The van der Waals surface area contributed by atoms with E-state index in [1.807, 2.05) is 36.1 Å². The number of rotatable bonds is 4.